The molecule has 0 spiro atoms. The second-order valence-corrected chi connectivity index (χ2v) is 17.5. The van der Waals surface area contributed by atoms with Gasteiger partial charge in [-0.25, -0.2) is 21.2 Å². The predicted molar refractivity (Wildman–Crippen MR) is 195 cm³/mol. The number of furan rings is 1. The number of hydrogen-bond acceptors (Lipinski definition) is 7. The molecule has 50 heavy (non-hydrogen) atoms. The summed E-state index contributed by atoms with van der Waals surface area (Å²) in [5, 5.41) is 5.90. The molecule has 14 heteroatoms. The van der Waals surface area contributed by atoms with Gasteiger partial charge in [0.1, 0.15) is 17.2 Å². The highest BCUT2D eigenvalue weighted by Gasteiger charge is 2.29. The fraction of sp³-hybridized carbons (Fsp3) is 0.389. The minimum atomic E-state index is -3.89. The van der Waals surface area contributed by atoms with Crippen LogP contribution < -0.4 is 19.2 Å². The van der Waals surface area contributed by atoms with Gasteiger partial charge >= 0.3 is 0 Å². The van der Waals surface area contributed by atoms with Crippen LogP contribution in [0.25, 0.3) is 33.4 Å². The van der Waals surface area contributed by atoms with E-state index in [0.29, 0.717) is 41.3 Å². The van der Waals surface area contributed by atoms with Crippen LogP contribution in [-0.2, 0) is 20.0 Å². The highest BCUT2D eigenvalue weighted by molar-refractivity contribution is 7.92. The van der Waals surface area contributed by atoms with Crippen molar-refractivity contribution in [3.63, 3.8) is 0 Å². The molecule has 268 valence electrons. The normalized spacial score (nSPS) is 14.9. The van der Waals surface area contributed by atoms with Gasteiger partial charge in [0, 0.05) is 53.8 Å². The van der Waals surface area contributed by atoms with Crippen molar-refractivity contribution >= 4 is 54.2 Å². The Kier molecular flexibility index (Phi) is 10.4. The number of benzene rings is 3. The second-order valence-electron chi connectivity index (χ2n) is 13.7. The summed E-state index contributed by atoms with van der Waals surface area (Å²) in [7, 11) is -6.23. The van der Waals surface area contributed by atoms with Crippen molar-refractivity contribution in [1.82, 2.24) is 10.6 Å². The molecule has 2 heterocycles. The molecule has 0 saturated heterocycles. The zero-order valence-electron chi connectivity index (χ0n) is 29.1. The SMILES string of the molecule is CNC(=O)c1c(-c2ccc(F)cc2)oc2cc3c(cc12)-c1cc(C(=O)NC(C)(C)C)cc(c1)N(S(C)(=O)=O)CCCCCCCN3S(C)(=O)=O. The molecule has 1 aliphatic rings. The summed E-state index contributed by atoms with van der Waals surface area (Å²) in [6.45, 7) is 5.81. The van der Waals surface area contributed by atoms with Crippen molar-refractivity contribution in [3.05, 3.63) is 71.5 Å². The van der Waals surface area contributed by atoms with Gasteiger partial charge < -0.3 is 15.1 Å². The van der Waals surface area contributed by atoms with E-state index in [-0.39, 0.29) is 46.9 Å². The number of hydrogen-bond donors (Lipinski definition) is 2. The maximum absolute atomic E-state index is 13.9. The van der Waals surface area contributed by atoms with Gasteiger partial charge in [-0.15, -0.1) is 0 Å². The number of halogens is 1. The molecule has 0 radical (unpaired) electrons. The van der Waals surface area contributed by atoms with Gasteiger partial charge in [0.05, 0.1) is 29.4 Å². The van der Waals surface area contributed by atoms with E-state index in [9.17, 15) is 30.8 Å². The average Bonchev–Trinajstić information content (AvgIpc) is 3.39. The molecule has 2 bridgehead atoms. The van der Waals surface area contributed by atoms with Gasteiger partial charge in [-0.05, 0) is 87.7 Å². The molecular formula is C36H43FN4O7S2. The van der Waals surface area contributed by atoms with E-state index in [4.69, 9.17) is 4.42 Å². The average molecular weight is 727 g/mol. The van der Waals surface area contributed by atoms with Gasteiger partial charge in [0.15, 0.2) is 0 Å². The molecule has 0 unspecified atom stereocenters. The minimum absolute atomic E-state index is 0.141. The van der Waals surface area contributed by atoms with Crippen LogP contribution in [0.3, 0.4) is 0 Å². The van der Waals surface area contributed by atoms with Crippen LogP contribution in [0.15, 0.2) is 59.0 Å². The lowest BCUT2D eigenvalue weighted by Crippen LogP contribution is -2.40. The number of amides is 2. The van der Waals surface area contributed by atoms with Crippen LogP contribution in [0.2, 0.25) is 0 Å². The maximum atomic E-state index is 13.9. The first-order chi connectivity index (χ1) is 23.4. The van der Waals surface area contributed by atoms with E-state index in [0.717, 1.165) is 25.4 Å². The summed E-state index contributed by atoms with van der Waals surface area (Å²) in [4.78, 5) is 27.1. The smallest absolute Gasteiger partial charge is 0.255 e. The Morgan fingerprint density at radius 2 is 1.38 bits per heavy atom. The summed E-state index contributed by atoms with van der Waals surface area (Å²) in [6.07, 6.45) is 5.50. The van der Waals surface area contributed by atoms with Crippen molar-refractivity contribution in [2.24, 2.45) is 0 Å². The van der Waals surface area contributed by atoms with Crippen molar-refractivity contribution in [3.8, 4) is 22.5 Å². The summed E-state index contributed by atoms with van der Waals surface area (Å²) >= 11 is 0. The molecule has 11 nitrogen and oxygen atoms in total. The Morgan fingerprint density at radius 1 is 0.780 bits per heavy atom. The molecule has 0 aliphatic carbocycles. The maximum Gasteiger partial charge on any atom is 0.255 e. The number of fused-ring (bicyclic) bond motifs is 5. The number of rotatable bonds is 5. The van der Waals surface area contributed by atoms with Crippen molar-refractivity contribution in [2.75, 3.05) is 41.3 Å². The van der Waals surface area contributed by atoms with Crippen molar-refractivity contribution in [2.45, 2.75) is 58.4 Å². The summed E-state index contributed by atoms with van der Waals surface area (Å²) in [5.41, 5.74) is 1.47. The predicted octanol–water partition coefficient (Wildman–Crippen LogP) is 6.29. The number of nitrogens with one attached hydrogen (secondary N) is 2. The van der Waals surface area contributed by atoms with E-state index in [1.54, 1.807) is 24.3 Å². The van der Waals surface area contributed by atoms with E-state index in [2.05, 4.69) is 10.6 Å². The van der Waals surface area contributed by atoms with E-state index < -0.39 is 43.2 Å². The van der Waals surface area contributed by atoms with Crippen LogP contribution in [-0.4, -0.2) is 66.8 Å². The van der Waals surface area contributed by atoms with Gasteiger partial charge in [-0.1, -0.05) is 19.3 Å². The second kappa shape index (κ2) is 14.1. The molecule has 5 rings (SSSR count). The van der Waals surface area contributed by atoms with Crippen LogP contribution in [0.1, 0.15) is 73.6 Å². The number of nitrogens with zero attached hydrogens (tertiary/aromatic N) is 2. The summed E-state index contributed by atoms with van der Waals surface area (Å²) in [5.74, 6) is -1.27. The molecule has 3 aromatic carbocycles. The third kappa shape index (κ3) is 8.13. The van der Waals surface area contributed by atoms with Crippen molar-refractivity contribution < 1.29 is 35.2 Å². The molecule has 1 aromatic heterocycles. The molecule has 0 fully saturated rings. The van der Waals surface area contributed by atoms with E-state index in [1.165, 1.54) is 46.0 Å². The van der Waals surface area contributed by atoms with Gasteiger partial charge in [-0.2, -0.15) is 0 Å². The van der Waals surface area contributed by atoms with Crippen LogP contribution in [0, 0.1) is 5.82 Å². The Labute approximate surface area is 292 Å². The summed E-state index contributed by atoms with van der Waals surface area (Å²) < 4.78 is 76.1. The number of carbonyl (C=O) groups excluding carboxylic acids is 2. The number of carbonyl (C=O) groups is 2. The standard InChI is InChI=1S/C36H43FN4O7S2/c1-36(2,3)39-34(42)25-18-24-19-27(20-25)40(49(5,44)45)16-10-8-7-9-11-17-41(50(6,46)47)30-22-31-29(21-28(24)30)32(35(43)38-4)33(48-31)23-12-14-26(37)15-13-23/h12-15,18-22H,7-11,16-17H2,1-6H3,(H,38,43)(H,39,42). The number of anilines is 2. The fourth-order valence-electron chi connectivity index (χ4n) is 6.17. The molecule has 0 saturated carbocycles. The largest absolute Gasteiger partial charge is 0.455 e. The first-order valence-corrected chi connectivity index (χ1v) is 20.1. The number of sulfonamides is 2. The Bertz CT molecular complexity index is 2160. The first kappa shape index (κ1) is 36.8. The molecular weight excluding hydrogens is 684 g/mol. The zero-order valence-corrected chi connectivity index (χ0v) is 30.7. The Morgan fingerprint density at radius 3 is 1.96 bits per heavy atom. The monoisotopic (exact) mass is 726 g/mol. The van der Waals surface area contributed by atoms with E-state index in [1.807, 2.05) is 20.8 Å². The Hall–Kier alpha value is -4.43. The van der Waals surface area contributed by atoms with E-state index >= 15 is 0 Å². The van der Waals surface area contributed by atoms with Gasteiger partial charge in [0.25, 0.3) is 11.8 Å². The van der Waals surface area contributed by atoms with Gasteiger partial charge in [-0.3, -0.25) is 18.2 Å². The highest BCUT2D eigenvalue weighted by atomic mass is 32.2. The molecule has 2 N–H and O–H groups in total. The van der Waals surface area contributed by atoms with Crippen LogP contribution >= 0.6 is 0 Å². The van der Waals surface area contributed by atoms with Gasteiger partial charge in [0.2, 0.25) is 20.0 Å². The topological polar surface area (TPSA) is 146 Å². The van der Waals surface area contributed by atoms with Crippen molar-refractivity contribution in [1.29, 1.82) is 0 Å². The lowest BCUT2D eigenvalue weighted by Gasteiger charge is -2.28. The quantitative estimate of drug-likeness (QED) is 0.246. The molecule has 0 atom stereocenters. The van der Waals surface area contributed by atoms with Crippen LogP contribution in [0.4, 0.5) is 15.8 Å². The Balaban J connectivity index is 1.91. The molecule has 1 aliphatic heterocycles. The first-order valence-electron chi connectivity index (χ1n) is 16.4. The highest BCUT2D eigenvalue weighted by Crippen LogP contribution is 2.43. The third-order valence-electron chi connectivity index (χ3n) is 8.43. The lowest BCUT2D eigenvalue weighted by molar-refractivity contribution is 0.0918. The molecule has 2 amide bonds. The van der Waals surface area contributed by atoms with Crippen LogP contribution in [0.5, 0.6) is 0 Å². The summed E-state index contributed by atoms with van der Waals surface area (Å²) in [6, 6.07) is 13.4. The molecule has 4 aromatic rings. The fourth-order valence-corrected chi connectivity index (χ4v) is 8.09. The lowest BCUT2D eigenvalue weighted by atomic mass is 9.96. The third-order valence-corrected chi connectivity index (χ3v) is 10.8. The minimum Gasteiger partial charge on any atom is -0.455 e. The zero-order chi connectivity index (χ0) is 36.6.